The summed E-state index contributed by atoms with van der Waals surface area (Å²) in [5.41, 5.74) is 0.978. The summed E-state index contributed by atoms with van der Waals surface area (Å²) in [6, 6.07) is 6.89. The molecular weight excluding hydrogens is 272 g/mol. The number of benzene rings is 1. The van der Waals surface area contributed by atoms with Crippen LogP contribution in [-0.4, -0.2) is 42.4 Å². The molecule has 2 N–H and O–H groups in total. The molecule has 6 heteroatoms. The Kier molecular flexibility index (Phi) is 3.33. The van der Waals surface area contributed by atoms with Gasteiger partial charge in [-0.15, -0.1) is 0 Å². The molecular formula is C15H18N2O4. The highest BCUT2D eigenvalue weighted by molar-refractivity contribution is 5.98. The summed E-state index contributed by atoms with van der Waals surface area (Å²) >= 11 is 0. The number of hydrogen-bond donors (Lipinski definition) is 2. The number of carboxylic acid groups (broad SMARTS) is 1. The molecule has 6 nitrogen and oxygen atoms in total. The zero-order valence-corrected chi connectivity index (χ0v) is 11.8. The third-order valence-corrected chi connectivity index (χ3v) is 4.14. The highest BCUT2D eigenvalue weighted by Crippen LogP contribution is 2.36. The average Bonchev–Trinajstić information content (AvgIpc) is 3.02. The molecule has 0 aliphatic carbocycles. The molecule has 2 unspecified atom stereocenters. The predicted octanol–water partition coefficient (Wildman–Crippen LogP) is 1.56. The van der Waals surface area contributed by atoms with Crippen LogP contribution in [0.25, 0.3) is 0 Å². The molecule has 21 heavy (non-hydrogen) atoms. The van der Waals surface area contributed by atoms with E-state index in [2.05, 4.69) is 5.32 Å². The van der Waals surface area contributed by atoms with Gasteiger partial charge in [0.1, 0.15) is 5.92 Å². The number of carboxylic acids is 1. The molecule has 1 fully saturated rings. The number of hydrogen-bond acceptors (Lipinski definition) is 3. The van der Waals surface area contributed by atoms with Crippen LogP contribution in [0, 0.1) is 0 Å². The second kappa shape index (κ2) is 5.04. The first-order chi connectivity index (χ1) is 10.0. The van der Waals surface area contributed by atoms with Gasteiger partial charge < -0.3 is 15.2 Å². The number of urea groups is 1. The van der Waals surface area contributed by atoms with Crippen LogP contribution >= 0.6 is 0 Å². The van der Waals surface area contributed by atoms with E-state index in [0.717, 1.165) is 6.42 Å². The van der Waals surface area contributed by atoms with Crippen molar-refractivity contribution in [2.24, 2.45) is 0 Å². The fraction of sp³-hybridized carbons (Fsp3) is 0.467. The molecule has 2 atom stereocenters. The molecule has 1 aromatic carbocycles. The topological polar surface area (TPSA) is 78.9 Å². The number of nitrogens with one attached hydrogen (secondary N) is 1. The first kappa shape index (κ1) is 13.9. The van der Waals surface area contributed by atoms with E-state index >= 15 is 0 Å². The molecule has 2 aliphatic rings. The van der Waals surface area contributed by atoms with E-state index in [1.807, 2.05) is 13.0 Å². The van der Waals surface area contributed by atoms with E-state index in [4.69, 9.17) is 4.74 Å². The minimum Gasteiger partial charge on any atom is -0.481 e. The van der Waals surface area contributed by atoms with Crippen molar-refractivity contribution in [3.05, 3.63) is 29.8 Å². The minimum atomic E-state index is -0.909. The highest BCUT2D eigenvalue weighted by atomic mass is 16.5. The number of carbonyl (C=O) groups excluding carboxylic acids is 1. The van der Waals surface area contributed by atoms with E-state index < -0.39 is 11.9 Å². The normalized spacial score (nSPS) is 27.5. The Morgan fingerprint density at radius 3 is 2.86 bits per heavy atom. The zero-order valence-electron chi connectivity index (χ0n) is 11.8. The van der Waals surface area contributed by atoms with Crippen LogP contribution in [-0.2, 0) is 9.53 Å². The smallest absolute Gasteiger partial charge is 0.322 e. The Bertz CT molecular complexity index is 581. The van der Waals surface area contributed by atoms with Crippen LogP contribution in [0.5, 0.6) is 0 Å². The Labute approximate surface area is 122 Å². The van der Waals surface area contributed by atoms with Crippen LogP contribution in [0.3, 0.4) is 0 Å². The summed E-state index contributed by atoms with van der Waals surface area (Å²) in [5.74, 6) is -1.58. The fourth-order valence-corrected chi connectivity index (χ4v) is 2.90. The van der Waals surface area contributed by atoms with Crippen molar-refractivity contribution in [2.45, 2.75) is 24.8 Å². The number of fused-ring (bicyclic) bond motifs is 1. The SMILES string of the molecule is CC1(NC(=O)N2CC(C(=O)O)c3ccccc32)CCOC1. The zero-order chi connectivity index (χ0) is 15.0. The third kappa shape index (κ3) is 2.47. The summed E-state index contributed by atoms with van der Waals surface area (Å²) in [6.45, 7) is 3.22. The molecule has 2 aliphatic heterocycles. The van der Waals surface area contributed by atoms with Crippen molar-refractivity contribution < 1.29 is 19.4 Å². The van der Waals surface area contributed by atoms with Crippen molar-refractivity contribution in [1.82, 2.24) is 5.32 Å². The Morgan fingerprint density at radius 1 is 1.43 bits per heavy atom. The van der Waals surface area contributed by atoms with Gasteiger partial charge in [-0.25, -0.2) is 4.79 Å². The van der Waals surface area contributed by atoms with E-state index in [1.165, 1.54) is 4.90 Å². The molecule has 3 rings (SSSR count). The van der Waals surface area contributed by atoms with Gasteiger partial charge in [-0.3, -0.25) is 9.69 Å². The van der Waals surface area contributed by atoms with Gasteiger partial charge in [-0.1, -0.05) is 18.2 Å². The maximum absolute atomic E-state index is 12.5. The number of nitrogens with zero attached hydrogens (tertiary/aromatic N) is 1. The van der Waals surface area contributed by atoms with Crippen molar-refractivity contribution in [3.63, 3.8) is 0 Å². The lowest BCUT2D eigenvalue weighted by Gasteiger charge is -2.27. The number of ether oxygens (including phenoxy) is 1. The van der Waals surface area contributed by atoms with E-state index in [0.29, 0.717) is 24.5 Å². The first-order valence-corrected chi connectivity index (χ1v) is 6.99. The summed E-state index contributed by atoms with van der Waals surface area (Å²) < 4.78 is 5.33. The number of para-hydroxylation sites is 1. The Morgan fingerprint density at radius 2 is 2.19 bits per heavy atom. The highest BCUT2D eigenvalue weighted by Gasteiger charge is 2.39. The molecule has 0 aromatic heterocycles. The summed E-state index contributed by atoms with van der Waals surface area (Å²) in [5, 5.41) is 12.3. The lowest BCUT2D eigenvalue weighted by atomic mass is 10.0. The second-order valence-electron chi connectivity index (χ2n) is 5.85. The van der Waals surface area contributed by atoms with Crippen molar-refractivity contribution in [1.29, 1.82) is 0 Å². The standard InChI is InChI=1S/C15H18N2O4/c1-15(6-7-21-9-15)16-14(20)17-8-11(13(18)19)10-4-2-3-5-12(10)17/h2-5,11H,6-9H2,1H3,(H,16,20)(H,18,19). The number of amides is 2. The van der Waals surface area contributed by atoms with Crippen molar-refractivity contribution >= 4 is 17.7 Å². The fourth-order valence-electron chi connectivity index (χ4n) is 2.90. The molecule has 1 aromatic rings. The first-order valence-electron chi connectivity index (χ1n) is 6.99. The molecule has 112 valence electrons. The van der Waals surface area contributed by atoms with Gasteiger partial charge in [0.05, 0.1) is 12.1 Å². The molecule has 2 heterocycles. The average molecular weight is 290 g/mol. The lowest BCUT2D eigenvalue weighted by molar-refractivity contribution is -0.138. The van der Waals surface area contributed by atoms with Gasteiger partial charge in [0.25, 0.3) is 0 Å². The molecule has 0 bridgehead atoms. The van der Waals surface area contributed by atoms with E-state index in [-0.39, 0.29) is 18.1 Å². The number of carbonyl (C=O) groups is 2. The van der Waals surface area contributed by atoms with Crippen LogP contribution in [0.1, 0.15) is 24.8 Å². The summed E-state index contributed by atoms with van der Waals surface area (Å²) in [4.78, 5) is 25.4. The molecule has 0 radical (unpaired) electrons. The third-order valence-electron chi connectivity index (χ3n) is 4.14. The number of anilines is 1. The van der Waals surface area contributed by atoms with Gasteiger partial charge in [0.15, 0.2) is 0 Å². The lowest BCUT2D eigenvalue weighted by Crippen LogP contribution is -2.52. The van der Waals surface area contributed by atoms with Crippen molar-refractivity contribution in [2.75, 3.05) is 24.7 Å². The van der Waals surface area contributed by atoms with Crippen LogP contribution in [0.4, 0.5) is 10.5 Å². The Balaban J connectivity index is 1.83. The quantitative estimate of drug-likeness (QED) is 0.866. The summed E-state index contributed by atoms with van der Waals surface area (Å²) in [7, 11) is 0. The maximum Gasteiger partial charge on any atom is 0.322 e. The maximum atomic E-state index is 12.5. The van der Waals surface area contributed by atoms with Crippen LogP contribution in [0.2, 0.25) is 0 Å². The van der Waals surface area contributed by atoms with Gasteiger partial charge in [-0.05, 0) is 25.0 Å². The van der Waals surface area contributed by atoms with Crippen molar-refractivity contribution in [3.8, 4) is 0 Å². The summed E-state index contributed by atoms with van der Waals surface area (Å²) in [6.07, 6.45) is 0.761. The molecule has 0 saturated carbocycles. The van der Waals surface area contributed by atoms with E-state index in [1.54, 1.807) is 18.2 Å². The van der Waals surface area contributed by atoms with E-state index in [9.17, 15) is 14.7 Å². The minimum absolute atomic E-state index is 0.164. The van der Waals surface area contributed by atoms with Gasteiger partial charge in [0, 0.05) is 18.8 Å². The monoisotopic (exact) mass is 290 g/mol. The molecule has 0 spiro atoms. The number of rotatable bonds is 2. The second-order valence-corrected chi connectivity index (χ2v) is 5.85. The van der Waals surface area contributed by atoms with Gasteiger partial charge >= 0.3 is 12.0 Å². The van der Waals surface area contributed by atoms with Gasteiger partial charge in [-0.2, -0.15) is 0 Å². The van der Waals surface area contributed by atoms with Crippen LogP contribution < -0.4 is 10.2 Å². The van der Waals surface area contributed by atoms with Gasteiger partial charge in [0.2, 0.25) is 0 Å². The van der Waals surface area contributed by atoms with Crippen LogP contribution in [0.15, 0.2) is 24.3 Å². The largest absolute Gasteiger partial charge is 0.481 e. The predicted molar refractivity (Wildman–Crippen MR) is 76.5 cm³/mol. The molecule has 1 saturated heterocycles. The number of aliphatic carboxylic acids is 1. The molecule has 2 amide bonds. The Hall–Kier alpha value is -2.08.